The van der Waals surface area contributed by atoms with Crippen molar-refractivity contribution in [1.82, 2.24) is 4.90 Å². The average molecular weight is 245 g/mol. The van der Waals surface area contributed by atoms with Gasteiger partial charge in [0, 0.05) is 13.7 Å². The summed E-state index contributed by atoms with van der Waals surface area (Å²) in [6.45, 7) is 8.11. The van der Waals surface area contributed by atoms with Crippen molar-refractivity contribution in [2.24, 2.45) is 5.92 Å². The van der Waals surface area contributed by atoms with Gasteiger partial charge in [0.15, 0.2) is 0 Å². The molecule has 2 atom stereocenters. The minimum absolute atomic E-state index is 0.0883. The molecule has 1 heterocycles. The largest absolute Gasteiger partial charge is 0.377 e. The van der Waals surface area contributed by atoms with Crippen molar-refractivity contribution in [3.8, 4) is 0 Å². The first kappa shape index (κ1) is 14.3. The number of methoxy groups -OCH3 is 1. The molecule has 2 nitrogen and oxygen atoms in total. The number of piperidine rings is 1. The fourth-order valence-corrected chi connectivity index (χ4v) is 2.87. The van der Waals surface area contributed by atoms with Crippen LogP contribution in [-0.4, -0.2) is 43.0 Å². The number of nitrogens with zero attached hydrogens (tertiary/aromatic N) is 1. The van der Waals surface area contributed by atoms with E-state index in [1.807, 2.05) is 7.11 Å². The van der Waals surface area contributed by atoms with Crippen LogP contribution >= 0.6 is 12.6 Å². The van der Waals surface area contributed by atoms with Crippen LogP contribution in [0.25, 0.3) is 0 Å². The van der Waals surface area contributed by atoms with Crippen molar-refractivity contribution in [2.45, 2.75) is 45.1 Å². The van der Waals surface area contributed by atoms with Crippen LogP contribution in [0.2, 0.25) is 0 Å². The molecule has 0 amide bonds. The lowest BCUT2D eigenvalue weighted by Gasteiger charge is -2.39. The van der Waals surface area contributed by atoms with Gasteiger partial charge in [-0.2, -0.15) is 12.6 Å². The standard InChI is InChI=1S/C13H27NOS/c1-12(6-10-16)5-9-14-8-4-7-13(2,11-14)15-3/h12,16H,4-11H2,1-3H3. The van der Waals surface area contributed by atoms with Gasteiger partial charge in [-0.3, -0.25) is 0 Å². The lowest BCUT2D eigenvalue weighted by molar-refractivity contribution is -0.0514. The van der Waals surface area contributed by atoms with Crippen LogP contribution < -0.4 is 0 Å². The van der Waals surface area contributed by atoms with Gasteiger partial charge < -0.3 is 9.64 Å². The quantitative estimate of drug-likeness (QED) is 0.723. The highest BCUT2D eigenvalue weighted by molar-refractivity contribution is 7.80. The van der Waals surface area contributed by atoms with Gasteiger partial charge in [-0.25, -0.2) is 0 Å². The van der Waals surface area contributed by atoms with E-state index in [0.717, 1.165) is 18.2 Å². The van der Waals surface area contributed by atoms with Crippen molar-refractivity contribution < 1.29 is 4.74 Å². The molecule has 1 aliphatic heterocycles. The van der Waals surface area contributed by atoms with Gasteiger partial charge in [0.2, 0.25) is 0 Å². The number of likely N-dealkylation sites (tertiary alicyclic amines) is 1. The minimum atomic E-state index is 0.0883. The zero-order chi connectivity index (χ0) is 12.0. The van der Waals surface area contributed by atoms with Crippen molar-refractivity contribution in [2.75, 3.05) is 32.5 Å². The topological polar surface area (TPSA) is 12.5 Å². The van der Waals surface area contributed by atoms with E-state index in [9.17, 15) is 0 Å². The summed E-state index contributed by atoms with van der Waals surface area (Å²) in [4.78, 5) is 2.56. The number of rotatable bonds is 6. The first-order chi connectivity index (χ1) is 7.59. The molecule has 1 fully saturated rings. The molecule has 16 heavy (non-hydrogen) atoms. The summed E-state index contributed by atoms with van der Waals surface area (Å²) < 4.78 is 5.61. The van der Waals surface area contributed by atoms with Crippen molar-refractivity contribution in [3.05, 3.63) is 0 Å². The third-order valence-electron chi connectivity index (χ3n) is 3.79. The van der Waals surface area contributed by atoms with Crippen LogP contribution in [0.3, 0.4) is 0 Å². The highest BCUT2D eigenvalue weighted by Gasteiger charge is 2.30. The smallest absolute Gasteiger partial charge is 0.0777 e. The predicted molar refractivity (Wildman–Crippen MR) is 73.3 cm³/mol. The van der Waals surface area contributed by atoms with Crippen LogP contribution in [0.1, 0.15) is 39.5 Å². The summed E-state index contributed by atoms with van der Waals surface area (Å²) in [7, 11) is 1.84. The normalized spacial score (nSPS) is 29.2. The molecule has 0 aromatic heterocycles. The molecule has 3 heteroatoms. The zero-order valence-corrected chi connectivity index (χ0v) is 11.9. The van der Waals surface area contributed by atoms with E-state index in [1.165, 1.54) is 38.8 Å². The molecule has 0 radical (unpaired) electrons. The number of ether oxygens (including phenoxy) is 1. The molecule has 0 bridgehead atoms. The highest BCUT2D eigenvalue weighted by atomic mass is 32.1. The Morgan fingerprint density at radius 2 is 2.19 bits per heavy atom. The Labute approximate surface area is 106 Å². The average Bonchev–Trinajstić information content (AvgIpc) is 2.27. The van der Waals surface area contributed by atoms with Gasteiger partial charge in [0.25, 0.3) is 0 Å². The molecule has 0 saturated carbocycles. The van der Waals surface area contributed by atoms with Crippen LogP contribution in [0.4, 0.5) is 0 Å². The summed E-state index contributed by atoms with van der Waals surface area (Å²) in [5.41, 5.74) is 0.0883. The Morgan fingerprint density at radius 3 is 2.81 bits per heavy atom. The van der Waals surface area contributed by atoms with E-state index < -0.39 is 0 Å². The first-order valence-corrected chi connectivity index (χ1v) is 7.11. The summed E-state index contributed by atoms with van der Waals surface area (Å²) in [6.07, 6.45) is 5.00. The Hall–Kier alpha value is 0.270. The predicted octanol–water partition coefficient (Wildman–Crippen LogP) is 2.83. The Bertz CT molecular complexity index is 200. The van der Waals surface area contributed by atoms with Gasteiger partial charge in [-0.1, -0.05) is 6.92 Å². The van der Waals surface area contributed by atoms with Crippen LogP contribution in [0.15, 0.2) is 0 Å². The van der Waals surface area contributed by atoms with Crippen LogP contribution in [0, 0.1) is 5.92 Å². The fraction of sp³-hybridized carbons (Fsp3) is 1.00. The highest BCUT2D eigenvalue weighted by Crippen LogP contribution is 2.24. The third-order valence-corrected chi connectivity index (χ3v) is 4.05. The van der Waals surface area contributed by atoms with Crippen molar-refractivity contribution in [3.63, 3.8) is 0 Å². The second kappa shape index (κ2) is 6.87. The Kier molecular flexibility index (Phi) is 6.16. The lowest BCUT2D eigenvalue weighted by atomic mass is 9.94. The van der Waals surface area contributed by atoms with E-state index in [-0.39, 0.29) is 5.60 Å². The van der Waals surface area contributed by atoms with E-state index in [2.05, 4.69) is 31.4 Å². The van der Waals surface area contributed by atoms with Crippen LogP contribution in [0.5, 0.6) is 0 Å². The van der Waals surface area contributed by atoms with E-state index in [4.69, 9.17) is 4.74 Å². The van der Waals surface area contributed by atoms with Crippen LogP contribution in [-0.2, 0) is 4.74 Å². The zero-order valence-electron chi connectivity index (χ0n) is 11.0. The molecule has 1 saturated heterocycles. The van der Waals surface area contributed by atoms with Gasteiger partial charge in [0.1, 0.15) is 0 Å². The van der Waals surface area contributed by atoms with Gasteiger partial charge in [-0.05, 0) is 57.4 Å². The molecular weight excluding hydrogens is 218 g/mol. The number of hydrogen-bond acceptors (Lipinski definition) is 3. The van der Waals surface area contributed by atoms with Crippen molar-refractivity contribution in [1.29, 1.82) is 0 Å². The maximum absolute atomic E-state index is 5.61. The molecule has 0 N–H and O–H groups in total. The number of thiol groups is 1. The van der Waals surface area contributed by atoms with E-state index in [1.54, 1.807) is 0 Å². The van der Waals surface area contributed by atoms with E-state index in [0.29, 0.717) is 0 Å². The maximum atomic E-state index is 5.61. The Balaban J connectivity index is 2.27. The van der Waals surface area contributed by atoms with E-state index >= 15 is 0 Å². The maximum Gasteiger partial charge on any atom is 0.0777 e. The summed E-state index contributed by atoms with van der Waals surface area (Å²) >= 11 is 4.29. The molecule has 1 aliphatic rings. The first-order valence-electron chi connectivity index (χ1n) is 6.48. The summed E-state index contributed by atoms with van der Waals surface area (Å²) in [5.74, 6) is 1.81. The molecule has 0 aromatic carbocycles. The minimum Gasteiger partial charge on any atom is -0.377 e. The monoisotopic (exact) mass is 245 g/mol. The second-order valence-electron chi connectivity index (χ2n) is 5.44. The second-order valence-corrected chi connectivity index (χ2v) is 5.89. The van der Waals surface area contributed by atoms with Gasteiger partial charge in [0.05, 0.1) is 5.60 Å². The molecule has 0 aromatic rings. The molecular formula is C13H27NOS. The lowest BCUT2D eigenvalue weighted by Crippen LogP contribution is -2.47. The molecule has 2 unspecified atom stereocenters. The third kappa shape index (κ3) is 4.64. The van der Waals surface area contributed by atoms with Gasteiger partial charge in [-0.15, -0.1) is 0 Å². The fourth-order valence-electron chi connectivity index (χ4n) is 2.43. The molecule has 1 rings (SSSR count). The number of hydrogen-bond donors (Lipinski definition) is 1. The molecule has 0 spiro atoms. The molecule has 96 valence electrons. The van der Waals surface area contributed by atoms with Gasteiger partial charge >= 0.3 is 0 Å². The summed E-state index contributed by atoms with van der Waals surface area (Å²) in [5, 5.41) is 0. The Morgan fingerprint density at radius 1 is 1.44 bits per heavy atom. The molecule has 0 aliphatic carbocycles. The van der Waals surface area contributed by atoms with Crippen molar-refractivity contribution >= 4 is 12.6 Å². The SMILES string of the molecule is COC1(C)CCCN(CCC(C)CCS)C1. The summed E-state index contributed by atoms with van der Waals surface area (Å²) in [6, 6.07) is 0.